The first-order valence-electron chi connectivity index (χ1n) is 13.1. The number of likely N-dealkylation sites (tertiary alicyclic amines) is 1. The zero-order valence-corrected chi connectivity index (χ0v) is 21.6. The van der Waals surface area contributed by atoms with Gasteiger partial charge in [0, 0.05) is 60.4 Å². The quantitative estimate of drug-likeness (QED) is 0.317. The third-order valence-electron chi connectivity index (χ3n) is 7.82. The van der Waals surface area contributed by atoms with E-state index in [-0.39, 0.29) is 23.2 Å². The Kier molecular flexibility index (Phi) is 6.40. The number of aliphatic imine (C=N–C) groups is 1. The van der Waals surface area contributed by atoms with Crippen molar-refractivity contribution in [2.75, 3.05) is 20.1 Å². The summed E-state index contributed by atoms with van der Waals surface area (Å²) in [6.07, 6.45) is 3.51. The summed E-state index contributed by atoms with van der Waals surface area (Å²) in [7, 11) is 3.92. The van der Waals surface area contributed by atoms with Crippen LogP contribution in [0.1, 0.15) is 45.5 Å². The number of halogens is 2. The number of aryl methyl sites for hydroxylation is 1. The number of rotatable bonds is 6. The lowest BCUT2D eigenvalue weighted by molar-refractivity contribution is 0.0892. The number of hydrogen-bond donors (Lipinski definition) is 0. The van der Waals surface area contributed by atoms with Gasteiger partial charge in [0.1, 0.15) is 11.6 Å². The summed E-state index contributed by atoms with van der Waals surface area (Å²) in [6.45, 7) is 2.16. The molecule has 4 aromatic rings. The lowest BCUT2D eigenvalue weighted by Crippen LogP contribution is -2.39. The summed E-state index contributed by atoms with van der Waals surface area (Å²) < 4.78 is 30.3. The van der Waals surface area contributed by atoms with E-state index in [0.29, 0.717) is 24.9 Å². The van der Waals surface area contributed by atoms with Crippen molar-refractivity contribution >= 4 is 22.4 Å². The molecule has 1 saturated heterocycles. The Balaban J connectivity index is 1.18. The van der Waals surface area contributed by atoms with Crippen molar-refractivity contribution < 1.29 is 13.6 Å². The standard InChI is InChI=1S/C31H30F2N4O/c1-36-16-19(11-26-27(32)4-3-5-28(26)33)10-20(17-36)12-30(38)21-6-7-23-15-34-31(25(23)14-21)22-8-9-29-24(13-22)18-37(2)35-29/h3-9,13-14,18-20H,10-12,15-17H2,1-2H3. The molecule has 0 amide bonds. The Morgan fingerprint density at radius 1 is 1.00 bits per heavy atom. The van der Waals surface area contributed by atoms with Crippen LogP contribution in [0.5, 0.6) is 0 Å². The van der Waals surface area contributed by atoms with Gasteiger partial charge in [0.05, 0.1) is 17.8 Å². The number of fused-ring (bicyclic) bond motifs is 2. The Bertz CT molecular complexity index is 1550. The molecule has 0 radical (unpaired) electrons. The molecule has 0 spiro atoms. The predicted molar refractivity (Wildman–Crippen MR) is 145 cm³/mol. The van der Waals surface area contributed by atoms with Gasteiger partial charge in [-0.25, -0.2) is 8.78 Å². The third kappa shape index (κ3) is 4.78. The monoisotopic (exact) mass is 512 g/mol. The lowest BCUT2D eigenvalue weighted by Gasteiger charge is -2.35. The molecule has 2 aliphatic rings. The Hall–Kier alpha value is -3.71. The minimum absolute atomic E-state index is 0.0953. The Morgan fingerprint density at radius 3 is 2.61 bits per heavy atom. The molecule has 194 valence electrons. The van der Waals surface area contributed by atoms with E-state index in [1.165, 1.54) is 18.2 Å². The maximum Gasteiger partial charge on any atom is 0.163 e. The number of benzene rings is 3. The molecule has 0 saturated carbocycles. The minimum Gasteiger partial charge on any atom is -0.306 e. The van der Waals surface area contributed by atoms with Crippen molar-refractivity contribution in [1.82, 2.24) is 14.7 Å². The number of Topliss-reactive ketones (excluding diaryl/α,β-unsaturated/α-hetero) is 1. The molecule has 6 rings (SSSR count). The molecule has 5 nitrogen and oxygen atoms in total. The van der Waals surface area contributed by atoms with Gasteiger partial charge in [-0.3, -0.25) is 14.5 Å². The maximum atomic E-state index is 14.3. The van der Waals surface area contributed by atoms with E-state index in [2.05, 4.69) is 16.1 Å². The fourth-order valence-corrected chi connectivity index (χ4v) is 6.17. The largest absolute Gasteiger partial charge is 0.306 e. The summed E-state index contributed by atoms with van der Waals surface area (Å²) in [5.74, 6) is -0.666. The average Bonchev–Trinajstić information content (AvgIpc) is 3.47. The number of ketones is 1. The second-order valence-corrected chi connectivity index (χ2v) is 10.8. The number of carbonyl (C=O) groups is 1. The van der Waals surface area contributed by atoms with Crippen LogP contribution in [-0.2, 0) is 20.0 Å². The predicted octanol–water partition coefficient (Wildman–Crippen LogP) is 5.59. The first kappa shape index (κ1) is 24.6. The Labute approximate surface area is 220 Å². The van der Waals surface area contributed by atoms with Crippen LogP contribution in [-0.4, -0.2) is 46.3 Å². The summed E-state index contributed by atoms with van der Waals surface area (Å²) in [4.78, 5) is 20.4. The van der Waals surface area contributed by atoms with Gasteiger partial charge in [-0.15, -0.1) is 0 Å². The lowest BCUT2D eigenvalue weighted by atomic mass is 9.82. The van der Waals surface area contributed by atoms with E-state index in [1.807, 2.05) is 50.6 Å². The van der Waals surface area contributed by atoms with Crippen molar-refractivity contribution in [2.24, 2.45) is 23.9 Å². The van der Waals surface area contributed by atoms with E-state index in [9.17, 15) is 13.6 Å². The van der Waals surface area contributed by atoms with E-state index >= 15 is 0 Å². The SMILES string of the molecule is CN1CC(CC(=O)c2ccc3c(c2)C(c2ccc4nn(C)cc4c2)=NC3)CC(Cc2c(F)cccc2F)C1. The first-order chi connectivity index (χ1) is 18.3. The van der Waals surface area contributed by atoms with Crippen molar-refractivity contribution in [1.29, 1.82) is 0 Å². The number of hydrogen-bond acceptors (Lipinski definition) is 4. The van der Waals surface area contributed by atoms with Crippen molar-refractivity contribution in [2.45, 2.75) is 25.8 Å². The van der Waals surface area contributed by atoms with Crippen molar-refractivity contribution in [3.05, 3.63) is 100 Å². The normalized spacial score (nSPS) is 19.5. The molecule has 2 aliphatic heterocycles. The highest BCUT2D eigenvalue weighted by Crippen LogP contribution is 2.31. The van der Waals surface area contributed by atoms with Crippen LogP contribution >= 0.6 is 0 Å². The van der Waals surface area contributed by atoms with Crippen LogP contribution in [0, 0.1) is 23.5 Å². The Morgan fingerprint density at radius 2 is 1.79 bits per heavy atom. The molecule has 3 heterocycles. The molecule has 38 heavy (non-hydrogen) atoms. The molecule has 3 aromatic carbocycles. The van der Waals surface area contributed by atoms with Crippen LogP contribution in [0.3, 0.4) is 0 Å². The molecule has 0 aliphatic carbocycles. The molecule has 0 N–H and O–H groups in total. The van der Waals surface area contributed by atoms with Gasteiger partial charge < -0.3 is 4.90 Å². The van der Waals surface area contributed by atoms with E-state index in [4.69, 9.17) is 4.99 Å². The number of carbonyl (C=O) groups excluding carboxylic acids is 1. The molecule has 2 unspecified atom stereocenters. The number of piperidine rings is 1. The second-order valence-electron chi connectivity index (χ2n) is 10.8. The van der Waals surface area contributed by atoms with E-state index in [1.54, 1.807) is 4.68 Å². The van der Waals surface area contributed by atoms with Gasteiger partial charge in [0.15, 0.2) is 5.78 Å². The highest BCUT2D eigenvalue weighted by Gasteiger charge is 2.29. The smallest absolute Gasteiger partial charge is 0.163 e. The van der Waals surface area contributed by atoms with Crippen LogP contribution in [0.15, 0.2) is 65.8 Å². The summed E-state index contributed by atoms with van der Waals surface area (Å²) >= 11 is 0. The third-order valence-corrected chi connectivity index (χ3v) is 7.82. The van der Waals surface area contributed by atoms with E-state index < -0.39 is 11.6 Å². The molecular weight excluding hydrogens is 482 g/mol. The van der Waals surface area contributed by atoms with Gasteiger partial charge in [-0.1, -0.05) is 24.3 Å². The zero-order valence-electron chi connectivity index (χ0n) is 21.6. The van der Waals surface area contributed by atoms with Crippen LogP contribution < -0.4 is 0 Å². The number of aromatic nitrogens is 2. The summed E-state index contributed by atoms with van der Waals surface area (Å²) in [5, 5.41) is 5.51. The molecular formula is C31H30F2N4O. The van der Waals surface area contributed by atoms with Crippen molar-refractivity contribution in [3.63, 3.8) is 0 Å². The van der Waals surface area contributed by atoms with Crippen LogP contribution in [0.25, 0.3) is 10.9 Å². The highest BCUT2D eigenvalue weighted by molar-refractivity contribution is 6.17. The second kappa shape index (κ2) is 9.87. The topological polar surface area (TPSA) is 50.5 Å². The fraction of sp³-hybridized carbons (Fsp3) is 0.323. The fourth-order valence-electron chi connectivity index (χ4n) is 6.17. The molecule has 1 aromatic heterocycles. The number of nitrogens with zero attached hydrogens (tertiary/aromatic N) is 4. The van der Waals surface area contributed by atoms with Gasteiger partial charge in [0.25, 0.3) is 0 Å². The van der Waals surface area contributed by atoms with Gasteiger partial charge >= 0.3 is 0 Å². The summed E-state index contributed by atoms with van der Waals surface area (Å²) in [5.41, 5.74) is 5.82. The average molecular weight is 513 g/mol. The van der Waals surface area contributed by atoms with Crippen molar-refractivity contribution in [3.8, 4) is 0 Å². The van der Waals surface area contributed by atoms with E-state index in [0.717, 1.165) is 52.8 Å². The first-order valence-corrected chi connectivity index (χ1v) is 13.1. The zero-order chi connectivity index (χ0) is 26.4. The van der Waals surface area contributed by atoms with Gasteiger partial charge in [-0.2, -0.15) is 5.10 Å². The molecule has 7 heteroatoms. The minimum atomic E-state index is -0.496. The van der Waals surface area contributed by atoms with Crippen LogP contribution in [0.4, 0.5) is 8.78 Å². The highest BCUT2D eigenvalue weighted by atomic mass is 19.1. The van der Waals surface area contributed by atoms with Gasteiger partial charge in [0.2, 0.25) is 0 Å². The molecule has 0 bridgehead atoms. The van der Waals surface area contributed by atoms with Crippen LogP contribution in [0.2, 0.25) is 0 Å². The van der Waals surface area contributed by atoms with Gasteiger partial charge in [-0.05, 0) is 67.6 Å². The molecule has 2 atom stereocenters. The molecule has 1 fully saturated rings. The maximum absolute atomic E-state index is 14.3. The summed E-state index contributed by atoms with van der Waals surface area (Å²) in [6, 6.07) is 16.1.